The number of carbonyl (C=O) groups is 3. The van der Waals surface area contributed by atoms with Crippen molar-refractivity contribution in [2.45, 2.75) is 38.3 Å². The lowest BCUT2D eigenvalue weighted by Gasteiger charge is -2.28. The summed E-state index contributed by atoms with van der Waals surface area (Å²) in [6.07, 6.45) is 2.76. The Bertz CT molecular complexity index is 1640. The monoisotopic (exact) mass is 637 g/mol. The zero-order valence-corrected chi connectivity index (χ0v) is 26.6. The summed E-state index contributed by atoms with van der Waals surface area (Å²) >= 11 is 0. The molecule has 0 saturated heterocycles. The van der Waals surface area contributed by atoms with Gasteiger partial charge in [-0.25, -0.2) is 4.79 Å². The van der Waals surface area contributed by atoms with Gasteiger partial charge in [0.25, 0.3) is 5.91 Å². The van der Waals surface area contributed by atoms with Crippen LogP contribution in [0.3, 0.4) is 0 Å². The number of benzene rings is 4. The van der Waals surface area contributed by atoms with Crippen molar-refractivity contribution in [1.82, 2.24) is 5.32 Å². The van der Waals surface area contributed by atoms with Gasteiger partial charge in [0.1, 0.15) is 37.1 Å². The van der Waals surface area contributed by atoms with Crippen molar-refractivity contribution >= 4 is 17.8 Å². The van der Waals surface area contributed by atoms with Crippen LogP contribution < -0.4 is 19.5 Å². The fourth-order valence-corrected chi connectivity index (χ4v) is 5.58. The largest absolute Gasteiger partial charge is 0.490 e. The normalized spacial score (nSPS) is 15.6. The van der Waals surface area contributed by atoms with Crippen molar-refractivity contribution in [3.8, 4) is 28.4 Å². The molecule has 4 aromatic carbocycles. The Morgan fingerprint density at radius 2 is 1.40 bits per heavy atom. The van der Waals surface area contributed by atoms with E-state index in [2.05, 4.69) is 41.7 Å². The number of nitrogens with one attached hydrogen (secondary N) is 1. The summed E-state index contributed by atoms with van der Waals surface area (Å²) in [7, 11) is 2.65. The second-order valence-electron chi connectivity index (χ2n) is 11.3. The van der Waals surface area contributed by atoms with Crippen LogP contribution in [-0.2, 0) is 20.9 Å². The topological polar surface area (TPSA) is 109 Å². The Morgan fingerprint density at radius 1 is 0.723 bits per heavy atom. The summed E-state index contributed by atoms with van der Waals surface area (Å²) < 4.78 is 27.5. The number of amides is 1. The van der Waals surface area contributed by atoms with Gasteiger partial charge in [0.05, 0.1) is 31.3 Å². The fraction of sp³-hybridized carbons (Fsp3) is 0.289. The quantitative estimate of drug-likeness (QED) is 0.128. The molecule has 5 rings (SSSR count). The van der Waals surface area contributed by atoms with Crippen LogP contribution in [-0.4, -0.2) is 51.3 Å². The van der Waals surface area contributed by atoms with E-state index >= 15 is 0 Å². The number of methoxy groups -OCH3 is 2. The van der Waals surface area contributed by atoms with Crippen molar-refractivity contribution in [1.29, 1.82) is 0 Å². The minimum absolute atomic E-state index is 0.156. The van der Waals surface area contributed by atoms with Crippen LogP contribution in [0.2, 0.25) is 0 Å². The molecule has 2 unspecified atom stereocenters. The van der Waals surface area contributed by atoms with Crippen LogP contribution in [0.25, 0.3) is 11.1 Å². The molecule has 4 aromatic rings. The van der Waals surface area contributed by atoms with Gasteiger partial charge in [-0.1, -0.05) is 61.0 Å². The standard InChI is InChI=1S/C38H39NO8/c1-43-37(41)29-9-6-10-31(23-29)39-36(40)34-24-30(38(42)44-2)15-20-35(34)46-22-21-45-32-16-18-33(19-17-32)47-25-26-11-13-28(14-12-26)27-7-4-3-5-8-27/h3-5,7-8,11-20,24,29,31H,6,9-10,21-23,25H2,1-2H3,(H,39,40). The molecule has 2 atom stereocenters. The maximum Gasteiger partial charge on any atom is 0.337 e. The van der Waals surface area contributed by atoms with E-state index in [1.54, 1.807) is 12.1 Å². The highest BCUT2D eigenvalue weighted by Crippen LogP contribution is 2.27. The van der Waals surface area contributed by atoms with Crippen LogP contribution in [0.5, 0.6) is 17.2 Å². The molecule has 1 amide bonds. The minimum Gasteiger partial charge on any atom is -0.490 e. The number of esters is 2. The zero-order valence-electron chi connectivity index (χ0n) is 26.6. The molecule has 1 saturated carbocycles. The third-order valence-corrected chi connectivity index (χ3v) is 8.09. The number of hydrogen-bond acceptors (Lipinski definition) is 8. The molecule has 0 aromatic heterocycles. The molecule has 1 fully saturated rings. The molecule has 1 N–H and O–H groups in total. The molecule has 9 heteroatoms. The molecule has 0 bridgehead atoms. The van der Waals surface area contributed by atoms with Crippen molar-refractivity contribution in [3.05, 3.63) is 114 Å². The van der Waals surface area contributed by atoms with E-state index in [0.717, 1.165) is 36.1 Å². The second kappa shape index (κ2) is 16.3. The minimum atomic E-state index is -0.564. The molecule has 0 aliphatic heterocycles. The molecule has 47 heavy (non-hydrogen) atoms. The highest BCUT2D eigenvalue weighted by atomic mass is 16.5. The molecule has 0 radical (unpaired) electrons. The zero-order chi connectivity index (χ0) is 33.0. The Labute approximate surface area is 274 Å². The first-order chi connectivity index (χ1) is 22.9. The van der Waals surface area contributed by atoms with E-state index in [-0.39, 0.29) is 42.3 Å². The average molecular weight is 638 g/mol. The smallest absolute Gasteiger partial charge is 0.337 e. The van der Waals surface area contributed by atoms with Crippen LogP contribution in [0.15, 0.2) is 97.1 Å². The molecule has 0 heterocycles. The van der Waals surface area contributed by atoms with E-state index in [4.69, 9.17) is 23.7 Å². The molecule has 1 aliphatic rings. The van der Waals surface area contributed by atoms with Crippen molar-refractivity contribution in [2.75, 3.05) is 27.4 Å². The second-order valence-corrected chi connectivity index (χ2v) is 11.3. The van der Waals surface area contributed by atoms with Crippen molar-refractivity contribution < 1.29 is 38.1 Å². The van der Waals surface area contributed by atoms with E-state index < -0.39 is 11.9 Å². The fourth-order valence-electron chi connectivity index (χ4n) is 5.58. The number of ether oxygens (including phenoxy) is 5. The van der Waals surface area contributed by atoms with E-state index in [1.165, 1.54) is 25.8 Å². The van der Waals surface area contributed by atoms with E-state index in [0.29, 0.717) is 24.5 Å². The number of rotatable bonds is 13. The highest BCUT2D eigenvalue weighted by molar-refractivity contribution is 6.00. The molecule has 0 spiro atoms. The molecule has 1 aliphatic carbocycles. The predicted molar refractivity (Wildman–Crippen MR) is 177 cm³/mol. The number of hydrogen-bond donors (Lipinski definition) is 1. The van der Waals surface area contributed by atoms with Crippen LogP contribution >= 0.6 is 0 Å². The first-order valence-corrected chi connectivity index (χ1v) is 15.7. The predicted octanol–water partition coefficient (Wildman–Crippen LogP) is 6.64. The summed E-state index contributed by atoms with van der Waals surface area (Å²) in [5.41, 5.74) is 3.83. The molecular weight excluding hydrogens is 598 g/mol. The Morgan fingerprint density at radius 3 is 2.11 bits per heavy atom. The van der Waals surface area contributed by atoms with Gasteiger partial charge in [0.15, 0.2) is 0 Å². The van der Waals surface area contributed by atoms with Crippen LogP contribution in [0.4, 0.5) is 0 Å². The molecule has 9 nitrogen and oxygen atoms in total. The SMILES string of the molecule is COC(=O)c1ccc(OCCOc2ccc(OCc3ccc(-c4ccccc4)cc3)cc2)c(C(=O)NC2CCCC(C(=O)OC)C2)c1. The van der Waals surface area contributed by atoms with Gasteiger partial charge in [-0.05, 0) is 78.4 Å². The third-order valence-electron chi connectivity index (χ3n) is 8.09. The van der Waals surface area contributed by atoms with Gasteiger partial charge in [0.2, 0.25) is 0 Å². The van der Waals surface area contributed by atoms with E-state index in [1.807, 2.05) is 42.5 Å². The van der Waals surface area contributed by atoms with Gasteiger partial charge in [-0.2, -0.15) is 0 Å². The number of carbonyl (C=O) groups excluding carboxylic acids is 3. The Kier molecular flexibility index (Phi) is 11.5. The van der Waals surface area contributed by atoms with Gasteiger partial charge < -0.3 is 29.0 Å². The van der Waals surface area contributed by atoms with Gasteiger partial charge in [-0.15, -0.1) is 0 Å². The lowest BCUT2D eigenvalue weighted by atomic mass is 9.85. The maximum absolute atomic E-state index is 13.3. The van der Waals surface area contributed by atoms with Crippen LogP contribution in [0, 0.1) is 5.92 Å². The van der Waals surface area contributed by atoms with E-state index in [9.17, 15) is 14.4 Å². The summed E-state index contributed by atoms with van der Waals surface area (Å²) in [6.45, 7) is 0.820. The third kappa shape index (κ3) is 9.13. The first-order valence-electron chi connectivity index (χ1n) is 15.7. The Hall–Kier alpha value is -5.31. The van der Waals surface area contributed by atoms with Crippen molar-refractivity contribution in [3.63, 3.8) is 0 Å². The molecule has 244 valence electrons. The summed E-state index contributed by atoms with van der Waals surface area (Å²) in [4.78, 5) is 37.6. The average Bonchev–Trinajstić information content (AvgIpc) is 3.13. The maximum atomic E-state index is 13.3. The van der Waals surface area contributed by atoms with Crippen LogP contribution in [0.1, 0.15) is 52.0 Å². The highest BCUT2D eigenvalue weighted by Gasteiger charge is 2.29. The molecular formula is C38H39NO8. The van der Waals surface area contributed by atoms with Gasteiger partial charge in [0, 0.05) is 6.04 Å². The summed E-state index contributed by atoms with van der Waals surface area (Å²) in [5, 5.41) is 3.00. The lowest BCUT2D eigenvalue weighted by Crippen LogP contribution is -2.40. The summed E-state index contributed by atoms with van der Waals surface area (Å²) in [5.74, 6) is 0.178. The van der Waals surface area contributed by atoms with Crippen molar-refractivity contribution in [2.24, 2.45) is 5.92 Å². The first kappa shape index (κ1) is 33.1. The Balaban J connectivity index is 1.12. The lowest BCUT2D eigenvalue weighted by molar-refractivity contribution is -0.146. The van der Waals surface area contributed by atoms with Gasteiger partial charge in [-0.3, -0.25) is 9.59 Å². The van der Waals surface area contributed by atoms with Gasteiger partial charge >= 0.3 is 11.9 Å². The summed E-state index contributed by atoms with van der Waals surface area (Å²) in [6, 6.07) is 30.2.